The van der Waals surface area contributed by atoms with E-state index in [1.165, 1.54) is 12.1 Å². The van der Waals surface area contributed by atoms with Crippen LogP contribution in [0.25, 0.3) is 33.7 Å². The summed E-state index contributed by atoms with van der Waals surface area (Å²) in [6.45, 7) is 3.77. The molecule has 0 saturated heterocycles. The highest BCUT2D eigenvalue weighted by molar-refractivity contribution is 7.89. The lowest BCUT2D eigenvalue weighted by Crippen LogP contribution is -2.13. The van der Waals surface area contributed by atoms with E-state index in [9.17, 15) is 13.2 Å². The maximum Gasteiger partial charge on any atom is 0.255 e. The Morgan fingerprint density at radius 3 is 2.08 bits per heavy atom. The number of aryl methyl sites for hydroxylation is 2. The number of hydrogen-bond donors (Lipinski definition) is 2. The number of amides is 1. The lowest BCUT2D eigenvalue weighted by Gasteiger charge is -2.13. The molecule has 0 aliphatic carbocycles. The molecule has 0 bridgehead atoms. The number of anilines is 1. The number of sulfonamides is 1. The fourth-order valence-corrected chi connectivity index (χ4v) is 4.66. The first kappa shape index (κ1) is 25.1. The van der Waals surface area contributed by atoms with E-state index in [2.05, 4.69) is 15.5 Å². The predicted molar refractivity (Wildman–Crippen MR) is 146 cm³/mol. The molecule has 5 aromatic rings. The molecule has 0 atom stereocenters. The zero-order valence-electron chi connectivity index (χ0n) is 20.7. The van der Waals surface area contributed by atoms with Crippen LogP contribution in [0.3, 0.4) is 0 Å². The molecule has 4 aromatic carbocycles. The van der Waals surface area contributed by atoms with Gasteiger partial charge in [-0.05, 0) is 71.6 Å². The zero-order valence-corrected chi connectivity index (χ0v) is 21.5. The van der Waals surface area contributed by atoms with Gasteiger partial charge in [-0.2, -0.15) is 0 Å². The summed E-state index contributed by atoms with van der Waals surface area (Å²) in [6, 6.07) is 26.8. The van der Waals surface area contributed by atoms with Gasteiger partial charge in [-0.15, -0.1) is 10.2 Å². The first-order chi connectivity index (χ1) is 18.2. The Morgan fingerprint density at radius 1 is 0.789 bits per heavy atom. The fourth-order valence-electron chi connectivity index (χ4n) is 4.14. The highest BCUT2D eigenvalue weighted by atomic mass is 32.2. The van der Waals surface area contributed by atoms with Crippen molar-refractivity contribution in [1.82, 2.24) is 10.2 Å². The number of rotatable bonds is 6. The van der Waals surface area contributed by atoms with Crippen molar-refractivity contribution >= 4 is 21.6 Å². The molecule has 1 amide bonds. The van der Waals surface area contributed by atoms with Gasteiger partial charge in [0.1, 0.15) is 0 Å². The third-order valence-electron chi connectivity index (χ3n) is 6.14. The molecule has 0 aliphatic rings. The summed E-state index contributed by atoms with van der Waals surface area (Å²) >= 11 is 0. The van der Waals surface area contributed by atoms with Crippen molar-refractivity contribution in [1.29, 1.82) is 0 Å². The highest BCUT2D eigenvalue weighted by Gasteiger charge is 2.14. The summed E-state index contributed by atoms with van der Waals surface area (Å²) < 4.78 is 28.7. The summed E-state index contributed by atoms with van der Waals surface area (Å²) in [4.78, 5) is 13.1. The Kier molecular flexibility index (Phi) is 6.62. The monoisotopic (exact) mass is 524 g/mol. The number of carbonyl (C=O) groups is 1. The molecule has 0 fully saturated rings. The molecular formula is C29H24N4O4S. The van der Waals surface area contributed by atoms with E-state index in [0.717, 1.165) is 33.4 Å². The van der Waals surface area contributed by atoms with Crippen LogP contribution in [0, 0.1) is 13.8 Å². The number of hydrogen-bond acceptors (Lipinski definition) is 6. The average Bonchev–Trinajstić information content (AvgIpc) is 3.35. The maximum absolute atomic E-state index is 13.1. The topological polar surface area (TPSA) is 128 Å². The standard InChI is InChI=1S/C29H24N4O4S/c1-18-7-8-23(29-33-32-19(2)37-29)17-26(18)21-9-11-22(12-10-21)28(34)31-27-6-4-3-5-25(27)20-13-15-24(16-14-20)38(30,35)36/h3-17H,1-2H3,(H,31,34)(H2,30,35,36). The number of carbonyl (C=O) groups excluding carboxylic acids is 1. The summed E-state index contributed by atoms with van der Waals surface area (Å²) in [6.07, 6.45) is 0. The normalized spacial score (nSPS) is 11.3. The van der Waals surface area contributed by atoms with Crippen LogP contribution in [0.2, 0.25) is 0 Å². The van der Waals surface area contributed by atoms with Crippen LogP contribution in [-0.4, -0.2) is 24.5 Å². The number of benzene rings is 4. The highest BCUT2D eigenvalue weighted by Crippen LogP contribution is 2.31. The van der Waals surface area contributed by atoms with Crippen LogP contribution in [-0.2, 0) is 10.0 Å². The SMILES string of the molecule is Cc1nnc(-c2ccc(C)c(-c3ccc(C(=O)Nc4ccccc4-c4ccc(S(N)(=O)=O)cc4)cc3)c2)o1. The van der Waals surface area contributed by atoms with Crippen molar-refractivity contribution in [3.63, 3.8) is 0 Å². The molecule has 0 radical (unpaired) electrons. The Balaban J connectivity index is 1.38. The van der Waals surface area contributed by atoms with Gasteiger partial charge in [-0.3, -0.25) is 4.79 Å². The maximum atomic E-state index is 13.1. The summed E-state index contributed by atoms with van der Waals surface area (Å²) in [7, 11) is -3.79. The first-order valence-electron chi connectivity index (χ1n) is 11.7. The van der Waals surface area contributed by atoms with Crippen molar-refractivity contribution in [3.8, 4) is 33.7 Å². The molecule has 0 aliphatic heterocycles. The largest absolute Gasteiger partial charge is 0.421 e. The fraction of sp³-hybridized carbons (Fsp3) is 0.0690. The lowest BCUT2D eigenvalue weighted by atomic mass is 9.97. The molecule has 1 aromatic heterocycles. The van der Waals surface area contributed by atoms with Gasteiger partial charge in [0, 0.05) is 29.3 Å². The second-order valence-electron chi connectivity index (χ2n) is 8.80. The van der Waals surface area contributed by atoms with E-state index in [-0.39, 0.29) is 10.8 Å². The minimum Gasteiger partial charge on any atom is -0.421 e. The molecule has 8 nitrogen and oxygen atoms in total. The van der Waals surface area contributed by atoms with Gasteiger partial charge in [0.25, 0.3) is 5.91 Å². The first-order valence-corrected chi connectivity index (χ1v) is 13.3. The van der Waals surface area contributed by atoms with E-state index in [1.807, 2.05) is 55.5 Å². The van der Waals surface area contributed by atoms with Gasteiger partial charge in [-0.25, -0.2) is 13.6 Å². The second-order valence-corrected chi connectivity index (χ2v) is 10.4. The Bertz CT molecular complexity index is 1740. The van der Waals surface area contributed by atoms with E-state index in [4.69, 9.17) is 9.56 Å². The summed E-state index contributed by atoms with van der Waals surface area (Å²) in [5.41, 5.74) is 6.44. The van der Waals surface area contributed by atoms with Gasteiger partial charge in [0.15, 0.2) is 0 Å². The van der Waals surface area contributed by atoms with Gasteiger partial charge in [0.2, 0.25) is 21.8 Å². The van der Waals surface area contributed by atoms with E-state index in [0.29, 0.717) is 23.0 Å². The molecule has 5 rings (SSSR count). The molecule has 1 heterocycles. The number of para-hydroxylation sites is 1. The second kappa shape index (κ2) is 10.0. The number of primary sulfonamides is 1. The summed E-state index contributed by atoms with van der Waals surface area (Å²) in [5.74, 6) is 0.689. The molecule has 190 valence electrons. The van der Waals surface area contributed by atoms with Crippen LogP contribution >= 0.6 is 0 Å². The van der Waals surface area contributed by atoms with Crippen molar-refractivity contribution in [3.05, 3.63) is 108 Å². The summed E-state index contributed by atoms with van der Waals surface area (Å²) in [5, 5.41) is 16.2. The number of aromatic nitrogens is 2. The van der Waals surface area contributed by atoms with Gasteiger partial charge in [0.05, 0.1) is 4.90 Å². The number of nitrogens with zero attached hydrogens (tertiary/aromatic N) is 2. The smallest absolute Gasteiger partial charge is 0.255 e. The van der Waals surface area contributed by atoms with Crippen LogP contribution < -0.4 is 10.5 Å². The zero-order chi connectivity index (χ0) is 26.9. The van der Waals surface area contributed by atoms with E-state index >= 15 is 0 Å². The van der Waals surface area contributed by atoms with Crippen molar-refractivity contribution in [2.75, 3.05) is 5.32 Å². The quantitative estimate of drug-likeness (QED) is 0.298. The number of nitrogens with two attached hydrogens (primary N) is 1. The molecule has 38 heavy (non-hydrogen) atoms. The van der Waals surface area contributed by atoms with E-state index in [1.54, 1.807) is 37.3 Å². The van der Waals surface area contributed by atoms with Crippen LogP contribution in [0.15, 0.2) is 100 Å². The average molecular weight is 525 g/mol. The Labute approximate surface area is 220 Å². The molecule has 0 spiro atoms. The predicted octanol–water partition coefficient (Wildman–Crippen LogP) is 5.59. The Morgan fingerprint density at radius 2 is 1.42 bits per heavy atom. The number of nitrogens with one attached hydrogen (secondary N) is 1. The van der Waals surface area contributed by atoms with Gasteiger partial charge in [-0.1, -0.05) is 48.5 Å². The van der Waals surface area contributed by atoms with Crippen molar-refractivity contribution in [2.24, 2.45) is 5.14 Å². The lowest BCUT2D eigenvalue weighted by molar-refractivity contribution is 0.102. The third-order valence-corrected chi connectivity index (χ3v) is 7.07. The molecular weight excluding hydrogens is 500 g/mol. The molecule has 3 N–H and O–H groups in total. The minimum absolute atomic E-state index is 0.0239. The van der Waals surface area contributed by atoms with Gasteiger partial charge >= 0.3 is 0 Å². The molecule has 0 saturated carbocycles. The van der Waals surface area contributed by atoms with Crippen molar-refractivity contribution < 1.29 is 17.6 Å². The van der Waals surface area contributed by atoms with Crippen LogP contribution in [0.1, 0.15) is 21.8 Å². The minimum atomic E-state index is -3.79. The van der Waals surface area contributed by atoms with E-state index < -0.39 is 10.0 Å². The Hall–Kier alpha value is -4.60. The van der Waals surface area contributed by atoms with Gasteiger partial charge < -0.3 is 9.73 Å². The van der Waals surface area contributed by atoms with Crippen LogP contribution in [0.5, 0.6) is 0 Å². The molecule has 0 unspecified atom stereocenters. The van der Waals surface area contributed by atoms with Crippen molar-refractivity contribution in [2.45, 2.75) is 18.7 Å². The van der Waals surface area contributed by atoms with Crippen LogP contribution in [0.4, 0.5) is 5.69 Å². The third kappa shape index (κ3) is 5.24. The molecule has 9 heteroatoms.